The quantitative estimate of drug-likeness (QED) is 0.506. The van der Waals surface area contributed by atoms with Crippen molar-refractivity contribution in [1.82, 2.24) is 0 Å². The monoisotopic (exact) mass is 240 g/mol. The summed E-state index contributed by atoms with van der Waals surface area (Å²) < 4.78 is 4.57. The molecule has 0 spiro atoms. The lowest BCUT2D eigenvalue weighted by atomic mass is 9.84. The molecule has 1 aliphatic carbocycles. The van der Waals surface area contributed by atoms with Crippen molar-refractivity contribution in [1.29, 1.82) is 0 Å². The Balaban J connectivity index is 2.01. The van der Waals surface area contributed by atoms with Crippen LogP contribution in [0, 0.1) is 5.92 Å². The molecule has 98 valence electrons. The van der Waals surface area contributed by atoms with Crippen LogP contribution in [0.1, 0.15) is 64.2 Å². The number of carbonyl (C=O) groups is 2. The smallest absolute Gasteiger partial charge is 0.305 e. The number of unbranched alkanes of at least 4 members (excludes halogenated alkanes) is 2. The minimum Gasteiger partial charge on any atom is -0.469 e. The molecular weight excluding hydrogens is 216 g/mol. The van der Waals surface area contributed by atoms with Crippen molar-refractivity contribution in [3.8, 4) is 0 Å². The van der Waals surface area contributed by atoms with E-state index in [-0.39, 0.29) is 5.97 Å². The van der Waals surface area contributed by atoms with Gasteiger partial charge in [-0.3, -0.25) is 9.59 Å². The van der Waals surface area contributed by atoms with Gasteiger partial charge in [0.25, 0.3) is 0 Å². The van der Waals surface area contributed by atoms with Crippen molar-refractivity contribution in [3.63, 3.8) is 0 Å². The molecule has 0 atom stereocenters. The summed E-state index contributed by atoms with van der Waals surface area (Å²) >= 11 is 0. The summed E-state index contributed by atoms with van der Waals surface area (Å²) in [6.07, 6.45) is 9.83. The molecule has 0 amide bonds. The standard InChI is InChI=1S/C14H24O3/c1-17-14(16)11-7-3-6-10-13(15)12-8-4-2-5-9-12/h12H,2-11H2,1H3. The molecule has 1 rings (SSSR count). The maximum absolute atomic E-state index is 11.9. The highest BCUT2D eigenvalue weighted by molar-refractivity contribution is 5.81. The Morgan fingerprint density at radius 1 is 1.00 bits per heavy atom. The van der Waals surface area contributed by atoms with Crippen molar-refractivity contribution in [3.05, 3.63) is 0 Å². The second-order valence-corrected chi connectivity index (χ2v) is 4.94. The molecule has 1 fully saturated rings. The molecule has 3 heteroatoms. The molecule has 0 radical (unpaired) electrons. The van der Waals surface area contributed by atoms with Gasteiger partial charge in [0.1, 0.15) is 5.78 Å². The van der Waals surface area contributed by atoms with Crippen molar-refractivity contribution in [2.45, 2.75) is 64.2 Å². The summed E-state index contributed by atoms with van der Waals surface area (Å²) in [7, 11) is 1.41. The first-order valence-corrected chi connectivity index (χ1v) is 6.83. The molecule has 0 aromatic rings. The molecule has 0 aromatic carbocycles. The van der Waals surface area contributed by atoms with Crippen LogP contribution in [0.2, 0.25) is 0 Å². The van der Waals surface area contributed by atoms with E-state index in [0.717, 1.165) is 32.1 Å². The lowest BCUT2D eigenvalue weighted by Gasteiger charge is -2.20. The van der Waals surface area contributed by atoms with E-state index in [1.54, 1.807) is 0 Å². The highest BCUT2D eigenvalue weighted by atomic mass is 16.5. The van der Waals surface area contributed by atoms with Gasteiger partial charge in [0, 0.05) is 18.8 Å². The fourth-order valence-electron chi connectivity index (χ4n) is 2.48. The second kappa shape index (κ2) is 8.26. The van der Waals surface area contributed by atoms with Crippen LogP contribution in [0.5, 0.6) is 0 Å². The molecule has 3 nitrogen and oxygen atoms in total. The summed E-state index contributed by atoms with van der Waals surface area (Å²) in [5, 5.41) is 0. The third-order valence-electron chi connectivity index (χ3n) is 3.59. The molecule has 0 heterocycles. The van der Waals surface area contributed by atoms with E-state index < -0.39 is 0 Å². The SMILES string of the molecule is COC(=O)CCCCCC(=O)C1CCCCC1. The van der Waals surface area contributed by atoms with E-state index in [9.17, 15) is 9.59 Å². The average Bonchev–Trinajstić information content (AvgIpc) is 2.38. The lowest BCUT2D eigenvalue weighted by Crippen LogP contribution is -2.17. The van der Waals surface area contributed by atoms with Crippen LogP contribution in [0.4, 0.5) is 0 Å². The Labute approximate surface area is 104 Å². The number of hydrogen-bond donors (Lipinski definition) is 0. The van der Waals surface area contributed by atoms with E-state index in [0.29, 0.717) is 24.5 Å². The van der Waals surface area contributed by atoms with Crippen LogP contribution in [0.25, 0.3) is 0 Å². The largest absolute Gasteiger partial charge is 0.469 e. The fourth-order valence-corrected chi connectivity index (χ4v) is 2.48. The van der Waals surface area contributed by atoms with E-state index >= 15 is 0 Å². The molecule has 0 aromatic heterocycles. The number of ether oxygens (including phenoxy) is 1. The van der Waals surface area contributed by atoms with Crippen LogP contribution in [0.3, 0.4) is 0 Å². The van der Waals surface area contributed by atoms with Gasteiger partial charge in [-0.15, -0.1) is 0 Å². The highest BCUT2D eigenvalue weighted by Gasteiger charge is 2.20. The molecule has 1 saturated carbocycles. The normalized spacial score (nSPS) is 16.8. The van der Waals surface area contributed by atoms with Gasteiger partial charge in [-0.1, -0.05) is 25.7 Å². The van der Waals surface area contributed by atoms with Crippen molar-refractivity contribution >= 4 is 11.8 Å². The van der Waals surface area contributed by atoms with E-state index in [2.05, 4.69) is 4.74 Å². The predicted molar refractivity (Wildman–Crippen MR) is 66.7 cm³/mol. The van der Waals surface area contributed by atoms with Gasteiger partial charge < -0.3 is 4.74 Å². The number of methoxy groups -OCH3 is 1. The number of carbonyl (C=O) groups excluding carboxylic acids is 2. The van der Waals surface area contributed by atoms with Crippen LogP contribution in [-0.2, 0) is 14.3 Å². The number of ketones is 1. The zero-order valence-electron chi connectivity index (χ0n) is 10.9. The minimum atomic E-state index is -0.149. The first-order valence-electron chi connectivity index (χ1n) is 6.83. The molecular formula is C14H24O3. The van der Waals surface area contributed by atoms with E-state index in [1.165, 1.54) is 26.4 Å². The van der Waals surface area contributed by atoms with Crippen LogP contribution in [-0.4, -0.2) is 18.9 Å². The van der Waals surface area contributed by atoms with Gasteiger partial charge in [0.15, 0.2) is 0 Å². The second-order valence-electron chi connectivity index (χ2n) is 4.94. The van der Waals surface area contributed by atoms with Crippen LogP contribution < -0.4 is 0 Å². The molecule has 0 N–H and O–H groups in total. The lowest BCUT2D eigenvalue weighted by molar-refractivity contribution is -0.140. The Morgan fingerprint density at radius 3 is 2.29 bits per heavy atom. The summed E-state index contributed by atoms with van der Waals surface area (Å²) in [5.41, 5.74) is 0. The molecule has 0 unspecified atom stereocenters. The summed E-state index contributed by atoms with van der Waals surface area (Å²) in [6.45, 7) is 0. The van der Waals surface area contributed by atoms with Gasteiger partial charge in [0.2, 0.25) is 0 Å². The van der Waals surface area contributed by atoms with Crippen LogP contribution in [0.15, 0.2) is 0 Å². The van der Waals surface area contributed by atoms with E-state index in [4.69, 9.17) is 0 Å². The molecule has 1 aliphatic rings. The number of hydrogen-bond acceptors (Lipinski definition) is 3. The average molecular weight is 240 g/mol. The van der Waals surface area contributed by atoms with Gasteiger partial charge in [-0.05, 0) is 25.7 Å². The summed E-state index contributed by atoms with van der Waals surface area (Å²) in [5.74, 6) is 0.635. The third-order valence-corrected chi connectivity index (χ3v) is 3.59. The molecule has 0 aliphatic heterocycles. The van der Waals surface area contributed by atoms with Gasteiger partial charge in [-0.2, -0.15) is 0 Å². The van der Waals surface area contributed by atoms with Gasteiger partial charge >= 0.3 is 5.97 Å². The maximum Gasteiger partial charge on any atom is 0.305 e. The van der Waals surface area contributed by atoms with E-state index in [1.807, 2.05) is 0 Å². The minimum absolute atomic E-state index is 0.149. The third kappa shape index (κ3) is 5.85. The van der Waals surface area contributed by atoms with Crippen molar-refractivity contribution < 1.29 is 14.3 Å². The topological polar surface area (TPSA) is 43.4 Å². The zero-order valence-corrected chi connectivity index (χ0v) is 10.9. The number of Topliss-reactive ketones (excluding diaryl/α,β-unsaturated/α-hetero) is 1. The first-order chi connectivity index (χ1) is 8.24. The summed E-state index contributed by atoms with van der Waals surface area (Å²) in [6, 6.07) is 0. The Morgan fingerprint density at radius 2 is 1.65 bits per heavy atom. The number of esters is 1. The maximum atomic E-state index is 11.9. The predicted octanol–water partition coefficient (Wildman–Crippen LogP) is 3.26. The fraction of sp³-hybridized carbons (Fsp3) is 0.857. The Kier molecular flexibility index (Phi) is 6.90. The van der Waals surface area contributed by atoms with Gasteiger partial charge in [-0.25, -0.2) is 0 Å². The van der Waals surface area contributed by atoms with Crippen molar-refractivity contribution in [2.75, 3.05) is 7.11 Å². The first kappa shape index (κ1) is 14.2. The molecule has 0 bridgehead atoms. The van der Waals surface area contributed by atoms with Crippen molar-refractivity contribution in [2.24, 2.45) is 5.92 Å². The zero-order chi connectivity index (χ0) is 12.5. The molecule has 0 saturated heterocycles. The number of rotatable bonds is 7. The summed E-state index contributed by atoms with van der Waals surface area (Å²) in [4.78, 5) is 22.7. The highest BCUT2D eigenvalue weighted by Crippen LogP contribution is 2.25. The van der Waals surface area contributed by atoms with Gasteiger partial charge in [0.05, 0.1) is 7.11 Å². The van der Waals surface area contributed by atoms with Crippen LogP contribution >= 0.6 is 0 Å². The Bertz CT molecular complexity index is 242. The molecule has 17 heavy (non-hydrogen) atoms. The Hall–Kier alpha value is -0.860.